The molecule has 2 heterocycles. The van der Waals surface area contributed by atoms with Gasteiger partial charge in [0.1, 0.15) is 0 Å². The summed E-state index contributed by atoms with van der Waals surface area (Å²) in [6, 6.07) is 10.6. The lowest BCUT2D eigenvalue weighted by Crippen LogP contribution is -2.37. The molecule has 4 rings (SSSR count). The average Bonchev–Trinajstić information content (AvgIpc) is 3.12. The van der Waals surface area contributed by atoms with Crippen LogP contribution >= 0.6 is 0 Å². The maximum absolute atomic E-state index is 13.2. The van der Waals surface area contributed by atoms with E-state index in [9.17, 15) is 26.4 Å². The van der Waals surface area contributed by atoms with Gasteiger partial charge in [0.25, 0.3) is 0 Å². The standard InChI is InChI=1S/C21H21F3N2O3S/c1-2-14-6-8-17(9-7-14)26-19-13-30(28,29)12-18(19)25(20(26)27)11-15-4-3-5-16(10-15)21(22,23)24/h3-10,18-19H,2,11-13H2,1H3/t18-,19-/m0/s1. The van der Waals surface area contributed by atoms with E-state index in [1.807, 2.05) is 19.1 Å². The van der Waals surface area contributed by atoms with Crippen molar-refractivity contribution in [2.24, 2.45) is 0 Å². The Kier molecular flexibility index (Phi) is 5.04. The minimum absolute atomic E-state index is 0.0804. The van der Waals surface area contributed by atoms with Gasteiger partial charge in [-0.3, -0.25) is 4.90 Å². The molecule has 0 saturated carbocycles. The van der Waals surface area contributed by atoms with Gasteiger partial charge in [-0.25, -0.2) is 13.2 Å². The Morgan fingerprint density at radius 1 is 1.00 bits per heavy atom. The Labute approximate surface area is 173 Å². The topological polar surface area (TPSA) is 57.7 Å². The third kappa shape index (κ3) is 3.78. The van der Waals surface area contributed by atoms with Crippen molar-refractivity contribution in [3.8, 4) is 0 Å². The molecule has 2 fully saturated rings. The molecular weight excluding hydrogens is 417 g/mol. The van der Waals surface area contributed by atoms with Gasteiger partial charge >= 0.3 is 12.2 Å². The van der Waals surface area contributed by atoms with Gasteiger partial charge in [0, 0.05) is 12.2 Å². The number of nitrogens with zero attached hydrogens (tertiary/aromatic N) is 2. The highest BCUT2D eigenvalue weighted by molar-refractivity contribution is 7.91. The zero-order chi connectivity index (χ0) is 21.7. The molecule has 2 aliphatic rings. The molecule has 0 N–H and O–H groups in total. The monoisotopic (exact) mass is 438 g/mol. The van der Waals surface area contributed by atoms with Crippen LogP contribution in [0.5, 0.6) is 0 Å². The number of sulfone groups is 1. The van der Waals surface area contributed by atoms with Gasteiger partial charge in [0.2, 0.25) is 0 Å². The van der Waals surface area contributed by atoms with Gasteiger partial charge in [-0.15, -0.1) is 0 Å². The van der Waals surface area contributed by atoms with Gasteiger partial charge in [-0.1, -0.05) is 31.2 Å². The van der Waals surface area contributed by atoms with Crippen LogP contribution in [0.3, 0.4) is 0 Å². The molecule has 0 unspecified atom stereocenters. The van der Waals surface area contributed by atoms with Crippen molar-refractivity contribution in [1.29, 1.82) is 0 Å². The third-order valence-corrected chi connectivity index (χ3v) is 7.41. The second-order valence-electron chi connectivity index (χ2n) is 7.71. The first-order valence-corrected chi connectivity index (χ1v) is 11.5. The highest BCUT2D eigenvalue weighted by Crippen LogP contribution is 2.37. The summed E-state index contributed by atoms with van der Waals surface area (Å²) >= 11 is 0. The van der Waals surface area contributed by atoms with Crippen molar-refractivity contribution in [2.75, 3.05) is 16.4 Å². The Morgan fingerprint density at radius 3 is 2.30 bits per heavy atom. The number of fused-ring (bicyclic) bond motifs is 1. The molecular formula is C21H21F3N2O3S. The number of hydrogen-bond acceptors (Lipinski definition) is 3. The summed E-state index contributed by atoms with van der Waals surface area (Å²) < 4.78 is 63.8. The predicted molar refractivity (Wildman–Crippen MR) is 107 cm³/mol. The number of carbonyl (C=O) groups is 1. The molecule has 0 spiro atoms. The Bertz CT molecular complexity index is 1070. The fraction of sp³-hybridized carbons (Fsp3) is 0.381. The zero-order valence-corrected chi connectivity index (χ0v) is 17.1. The molecule has 0 aliphatic carbocycles. The van der Waals surface area contributed by atoms with Crippen LogP contribution in [0.4, 0.5) is 23.7 Å². The van der Waals surface area contributed by atoms with E-state index < -0.39 is 33.7 Å². The van der Waals surface area contributed by atoms with Crippen molar-refractivity contribution in [3.05, 3.63) is 65.2 Å². The molecule has 9 heteroatoms. The lowest BCUT2D eigenvalue weighted by molar-refractivity contribution is -0.137. The summed E-state index contributed by atoms with van der Waals surface area (Å²) in [7, 11) is -3.35. The molecule has 2 aromatic carbocycles. The maximum atomic E-state index is 13.2. The van der Waals surface area contributed by atoms with Gasteiger partial charge in [0.05, 0.1) is 29.2 Å². The van der Waals surface area contributed by atoms with Crippen LogP contribution in [0.25, 0.3) is 0 Å². The number of aryl methyl sites for hydroxylation is 1. The number of carbonyl (C=O) groups excluding carboxylic acids is 1. The van der Waals surface area contributed by atoms with Gasteiger partial charge in [0.15, 0.2) is 9.84 Å². The molecule has 30 heavy (non-hydrogen) atoms. The van der Waals surface area contributed by atoms with Crippen molar-refractivity contribution in [2.45, 2.75) is 38.1 Å². The molecule has 0 bridgehead atoms. The summed E-state index contributed by atoms with van der Waals surface area (Å²) in [6.07, 6.45) is -3.66. The maximum Gasteiger partial charge on any atom is 0.416 e. The van der Waals surface area contributed by atoms with Crippen LogP contribution < -0.4 is 4.90 Å². The van der Waals surface area contributed by atoms with E-state index in [2.05, 4.69) is 0 Å². The highest BCUT2D eigenvalue weighted by Gasteiger charge is 2.53. The fourth-order valence-corrected chi connectivity index (χ4v) is 6.15. The molecule has 5 nitrogen and oxygen atoms in total. The number of alkyl halides is 3. The lowest BCUT2D eigenvalue weighted by atomic mass is 10.1. The molecule has 2 aromatic rings. The summed E-state index contributed by atoms with van der Waals surface area (Å²) in [5, 5.41) is 0. The highest BCUT2D eigenvalue weighted by atomic mass is 32.2. The van der Waals surface area contributed by atoms with Crippen LogP contribution in [-0.2, 0) is 29.0 Å². The van der Waals surface area contributed by atoms with E-state index in [1.165, 1.54) is 21.9 Å². The first kappa shape index (κ1) is 20.7. The summed E-state index contributed by atoms with van der Waals surface area (Å²) in [4.78, 5) is 16.1. The quantitative estimate of drug-likeness (QED) is 0.681. The van der Waals surface area contributed by atoms with Crippen molar-refractivity contribution in [1.82, 2.24) is 4.90 Å². The van der Waals surface area contributed by atoms with Crippen LogP contribution in [0.2, 0.25) is 0 Å². The van der Waals surface area contributed by atoms with Gasteiger partial charge in [-0.2, -0.15) is 13.2 Å². The largest absolute Gasteiger partial charge is 0.416 e. The van der Waals surface area contributed by atoms with E-state index in [-0.39, 0.29) is 24.1 Å². The third-order valence-electron chi connectivity index (χ3n) is 5.71. The smallest absolute Gasteiger partial charge is 0.314 e. The molecule has 2 amide bonds. The fourth-order valence-electron chi connectivity index (χ4n) is 4.20. The minimum atomic E-state index is -4.49. The molecule has 0 radical (unpaired) electrons. The van der Waals surface area contributed by atoms with Crippen LogP contribution in [0.1, 0.15) is 23.6 Å². The normalized spacial score (nSPS) is 23.1. The van der Waals surface area contributed by atoms with Crippen molar-refractivity contribution >= 4 is 21.6 Å². The Balaban J connectivity index is 1.67. The van der Waals surface area contributed by atoms with Crippen molar-refractivity contribution < 1.29 is 26.4 Å². The van der Waals surface area contributed by atoms with Crippen LogP contribution in [0.15, 0.2) is 48.5 Å². The number of benzene rings is 2. The van der Waals surface area contributed by atoms with E-state index in [1.54, 1.807) is 12.1 Å². The SMILES string of the molecule is CCc1ccc(N2C(=O)N(Cc3cccc(C(F)(F)F)c3)[C@H]3CS(=O)(=O)C[C@@H]32)cc1. The van der Waals surface area contributed by atoms with E-state index >= 15 is 0 Å². The summed E-state index contributed by atoms with van der Waals surface area (Å²) in [6.45, 7) is 1.93. The molecule has 160 valence electrons. The number of halogens is 3. The zero-order valence-electron chi connectivity index (χ0n) is 16.3. The predicted octanol–water partition coefficient (Wildman–Crippen LogP) is 3.88. The van der Waals surface area contributed by atoms with E-state index in [0.717, 1.165) is 24.1 Å². The number of urea groups is 1. The number of hydrogen-bond donors (Lipinski definition) is 0. The number of rotatable bonds is 4. The second-order valence-corrected chi connectivity index (χ2v) is 9.86. The Morgan fingerprint density at radius 2 is 1.67 bits per heavy atom. The van der Waals surface area contributed by atoms with E-state index in [4.69, 9.17) is 0 Å². The first-order valence-electron chi connectivity index (χ1n) is 9.64. The van der Waals surface area contributed by atoms with Crippen LogP contribution in [0, 0.1) is 0 Å². The molecule has 0 aromatic heterocycles. The molecule has 2 saturated heterocycles. The summed E-state index contributed by atoms with van der Waals surface area (Å²) in [5.41, 5.74) is 1.19. The second kappa shape index (κ2) is 7.30. The lowest BCUT2D eigenvalue weighted by Gasteiger charge is -2.23. The number of amides is 2. The molecule has 2 aliphatic heterocycles. The van der Waals surface area contributed by atoms with Crippen molar-refractivity contribution in [3.63, 3.8) is 0 Å². The number of anilines is 1. The van der Waals surface area contributed by atoms with Crippen LogP contribution in [-0.4, -0.2) is 42.9 Å². The average molecular weight is 438 g/mol. The Hall–Kier alpha value is -2.55. The summed E-state index contributed by atoms with van der Waals surface area (Å²) in [5.74, 6) is -0.343. The molecule has 2 atom stereocenters. The van der Waals surface area contributed by atoms with E-state index in [0.29, 0.717) is 11.3 Å². The van der Waals surface area contributed by atoms with Gasteiger partial charge < -0.3 is 4.90 Å². The van der Waals surface area contributed by atoms with Gasteiger partial charge in [-0.05, 0) is 41.8 Å². The first-order chi connectivity index (χ1) is 14.1. The minimum Gasteiger partial charge on any atom is -0.314 e.